The van der Waals surface area contributed by atoms with Crippen LogP contribution in [0.4, 0.5) is 9.52 Å². The molecule has 0 radical (unpaired) electrons. The lowest BCUT2D eigenvalue weighted by molar-refractivity contribution is 0.254. The minimum absolute atomic E-state index is 0.227. The number of anilines is 1. The van der Waals surface area contributed by atoms with Gasteiger partial charge in [0.15, 0.2) is 5.13 Å². The maximum Gasteiger partial charge on any atom is 0.183 e. The zero-order valence-corrected chi connectivity index (χ0v) is 12.5. The average molecular weight is 293 g/mol. The standard InChI is InChI=1S/C15H20FN3S/c1-19(12-4-2-3-5-12)9-8-17-15-18-13-10-11(16)6-7-14(13)20-15/h6-7,10,12H,2-5,8-9H2,1H3,(H,17,18). The van der Waals surface area contributed by atoms with Gasteiger partial charge >= 0.3 is 0 Å². The Bertz CT molecular complexity index is 578. The Hall–Kier alpha value is -1.20. The molecule has 0 aliphatic heterocycles. The molecule has 0 atom stereocenters. The normalized spacial score (nSPS) is 16.4. The number of halogens is 1. The fourth-order valence-corrected chi connectivity index (χ4v) is 3.71. The van der Waals surface area contributed by atoms with Crippen molar-refractivity contribution in [3.8, 4) is 0 Å². The van der Waals surface area contributed by atoms with E-state index in [2.05, 4.69) is 22.2 Å². The predicted octanol–water partition coefficient (Wildman–Crippen LogP) is 3.72. The molecule has 108 valence electrons. The molecule has 1 N–H and O–H groups in total. The van der Waals surface area contributed by atoms with Crippen molar-refractivity contribution in [2.75, 3.05) is 25.5 Å². The van der Waals surface area contributed by atoms with Crippen molar-refractivity contribution in [3.05, 3.63) is 24.0 Å². The van der Waals surface area contributed by atoms with Crippen LogP contribution < -0.4 is 5.32 Å². The Kier molecular flexibility index (Phi) is 4.17. The molecule has 1 saturated carbocycles. The highest BCUT2D eigenvalue weighted by Gasteiger charge is 2.18. The Balaban J connectivity index is 1.54. The van der Waals surface area contributed by atoms with Gasteiger partial charge in [0.2, 0.25) is 0 Å². The highest BCUT2D eigenvalue weighted by Crippen LogP contribution is 2.26. The Morgan fingerprint density at radius 2 is 2.20 bits per heavy atom. The third kappa shape index (κ3) is 3.10. The van der Waals surface area contributed by atoms with E-state index in [1.807, 2.05) is 0 Å². The molecule has 1 aromatic heterocycles. The van der Waals surface area contributed by atoms with Crippen LogP contribution in [0.3, 0.4) is 0 Å². The molecule has 1 aliphatic rings. The van der Waals surface area contributed by atoms with Gasteiger partial charge < -0.3 is 10.2 Å². The van der Waals surface area contributed by atoms with E-state index in [9.17, 15) is 4.39 Å². The summed E-state index contributed by atoms with van der Waals surface area (Å²) in [5.41, 5.74) is 0.738. The number of nitrogens with one attached hydrogen (secondary N) is 1. The third-order valence-electron chi connectivity index (χ3n) is 4.04. The first-order valence-corrected chi connectivity index (χ1v) is 8.04. The molecule has 1 heterocycles. The number of nitrogens with zero attached hydrogens (tertiary/aromatic N) is 2. The Morgan fingerprint density at radius 3 is 3.00 bits per heavy atom. The summed E-state index contributed by atoms with van der Waals surface area (Å²) in [4.78, 5) is 6.85. The summed E-state index contributed by atoms with van der Waals surface area (Å²) < 4.78 is 14.1. The molecular formula is C15H20FN3S. The van der Waals surface area contributed by atoms with Crippen molar-refractivity contribution in [1.82, 2.24) is 9.88 Å². The van der Waals surface area contributed by atoms with E-state index in [-0.39, 0.29) is 5.82 Å². The number of benzene rings is 1. The summed E-state index contributed by atoms with van der Waals surface area (Å²) in [6.07, 6.45) is 5.39. The largest absolute Gasteiger partial charge is 0.360 e. The first-order chi connectivity index (χ1) is 9.72. The number of hydrogen-bond acceptors (Lipinski definition) is 4. The maximum atomic E-state index is 13.1. The molecule has 0 spiro atoms. The second kappa shape index (κ2) is 6.06. The molecular weight excluding hydrogens is 273 g/mol. The lowest BCUT2D eigenvalue weighted by Crippen LogP contribution is -2.33. The summed E-state index contributed by atoms with van der Waals surface area (Å²) in [7, 11) is 2.20. The molecule has 1 fully saturated rings. The molecule has 1 aliphatic carbocycles. The van der Waals surface area contributed by atoms with Crippen LogP contribution in [-0.4, -0.2) is 36.1 Å². The number of fused-ring (bicyclic) bond motifs is 1. The molecule has 0 unspecified atom stereocenters. The maximum absolute atomic E-state index is 13.1. The van der Waals surface area contributed by atoms with E-state index >= 15 is 0 Å². The second-order valence-corrected chi connectivity index (χ2v) is 6.51. The predicted molar refractivity (Wildman–Crippen MR) is 83.0 cm³/mol. The van der Waals surface area contributed by atoms with Crippen molar-refractivity contribution in [2.45, 2.75) is 31.7 Å². The fraction of sp³-hybridized carbons (Fsp3) is 0.533. The van der Waals surface area contributed by atoms with E-state index in [1.54, 1.807) is 17.4 Å². The lowest BCUT2D eigenvalue weighted by atomic mass is 10.2. The minimum atomic E-state index is -0.227. The quantitative estimate of drug-likeness (QED) is 0.910. The summed E-state index contributed by atoms with van der Waals surface area (Å²) in [6, 6.07) is 5.51. The topological polar surface area (TPSA) is 28.2 Å². The smallest absolute Gasteiger partial charge is 0.183 e. The molecule has 3 nitrogen and oxygen atoms in total. The zero-order chi connectivity index (χ0) is 13.9. The molecule has 3 rings (SSSR count). The molecule has 2 aromatic rings. The molecule has 0 bridgehead atoms. The van der Waals surface area contributed by atoms with E-state index < -0.39 is 0 Å². The second-order valence-electron chi connectivity index (χ2n) is 5.48. The highest BCUT2D eigenvalue weighted by molar-refractivity contribution is 7.22. The van der Waals surface area contributed by atoms with Gasteiger partial charge in [0.25, 0.3) is 0 Å². The summed E-state index contributed by atoms with van der Waals surface area (Å²) in [6.45, 7) is 1.91. The van der Waals surface area contributed by atoms with Crippen molar-refractivity contribution < 1.29 is 4.39 Å². The monoisotopic (exact) mass is 293 g/mol. The van der Waals surface area contributed by atoms with Crippen molar-refractivity contribution in [2.24, 2.45) is 0 Å². The van der Waals surface area contributed by atoms with Crippen LogP contribution in [0.5, 0.6) is 0 Å². The van der Waals surface area contributed by atoms with Gasteiger partial charge in [-0.1, -0.05) is 24.2 Å². The fourth-order valence-electron chi connectivity index (χ4n) is 2.84. The van der Waals surface area contributed by atoms with Gasteiger partial charge in [0, 0.05) is 25.2 Å². The SMILES string of the molecule is CN(CCNc1nc2cc(F)ccc2s1)C1CCCC1. The first kappa shape index (κ1) is 13.8. The number of likely N-dealkylation sites (N-methyl/N-ethyl adjacent to an activating group) is 1. The number of thiazole rings is 1. The Labute approximate surface area is 122 Å². The van der Waals surface area contributed by atoms with Crippen LogP contribution in [0.25, 0.3) is 10.2 Å². The van der Waals surface area contributed by atoms with Gasteiger partial charge in [0.05, 0.1) is 10.2 Å². The van der Waals surface area contributed by atoms with Crippen LogP contribution in [0.2, 0.25) is 0 Å². The van der Waals surface area contributed by atoms with Gasteiger partial charge in [-0.05, 0) is 32.0 Å². The molecule has 1 aromatic carbocycles. The van der Waals surface area contributed by atoms with Crippen LogP contribution in [-0.2, 0) is 0 Å². The van der Waals surface area contributed by atoms with Crippen LogP contribution in [0.15, 0.2) is 18.2 Å². The van der Waals surface area contributed by atoms with E-state index in [0.717, 1.165) is 34.5 Å². The van der Waals surface area contributed by atoms with Gasteiger partial charge in [-0.3, -0.25) is 0 Å². The van der Waals surface area contributed by atoms with Crippen molar-refractivity contribution in [1.29, 1.82) is 0 Å². The molecule has 0 saturated heterocycles. The summed E-state index contributed by atoms with van der Waals surface area (Å²) in [5.74, 6) is -0.227. The summed E-state index contributed by atoms with van der Waals surface area (Å²) in [5, 5.41) is 4.23. The minimum Gasteiger partial charge on any atom is -0.360 e. The van der Waals surface area contributed by atoms with Crippen LogP contribution >= 0.6 is 11.3 Å². The van der Waals surface area contributed by atoms with E-state index in [4.69, 9.17) is 0 Å². The van der Waals surface area contributed by atoms with Crippen molar-refractivity contribution >= 4 is 26.7 Å². The molecule has 5 heteroatoms. The number of rotatable bonds is 5. The Morgan fingerprint density at radius 1 is 1.40 bits per heavy atom. The van der Waals surface area contributed by atoms with Gasteiger partial charge in [0.1, 0.15) is 5.82 Å². The van der Waals surface area contributed by atoms with Crippen molar-refractivity contribution in [3.63, 3.8) is 0 Å². The molecule has 20 heavy (non-hydrogen) atoms. The van der Waals surface area contributed by atoms with E-state index in [1.165, 1.54) is 37.8 Å². The third-order valence-corrected chi connectivity index (χ3v) is 5.03. The lowest BCUT2D eigenvalue weighted by Gasteiger charge is -2.23. The van der Waals surface area contributed by atoms with Crippen LogP contribution in [0.1, 0.15) is 25.7 Å². The number of hydrogen-bond donors (Lipinski definition) is 1. The zero-order valence-electron chi connectivity index (χ0n) is 11.7. The van der Waals surface area contributed by atoms with Gasteiger partial charge in [-0.15, -0.1) is 0 Å². The van der Waals surface area contributed by atoms with Gasteiger partial charge in [-0.25, -0.2) is 9.37 Å². The molecule has 0 amide bonds. The average Bonchev–Trinajstić information content (AvgIpc) is 3.06. The van der Waals surface area contributed by atoms with Gasteiger partial charge in [-0.2, -0.15) is 0 Å². The first-order valence-electron chi connectivity index (χ1n) is 7.22. The number of aromatic nitrogens is 1. The summed E-state index contributed by atoms with van der Waals surface area (Å²) >= 11 is 1.58. The highest BCUT2D eigenvalue weighted by atomic mass is 32.1. The van der Waals surface area contributed by atoms with Crippen LogP contribution in [0, 0.1) is 5.82 Å². The van der Waals surface area contributed by atoms with E-state index in [0.29, 0.717) is 0 Å².